The molecule has 1 saturated heterocycles. The normalized spacial score (nSPS) is 44.0. The van der Waals surface area contributed by atoms with Crippen LogP contribution in [0.2, 0.25) is 0 Å². The van der Waals surface area contributed by atoms with Crippen LogP contribution < -0.4 is 0 Å². The summed E-state index contributed by atoms with van der Waals surface area (Å²) in [6.07, 6.45) is 0. The lowest BCUT2D eigenvalue weighted by molar-refractivity contribution is -0.0198. The van der Waals surface area contributed by atoms with E-state index in [0.717, 1.165) is 5.56 Å². The molecule has 3 heteroatoms. The van der Waals surface area contributed by atoms with Crippen LogP contribution in [-0.4, -0.2) is 10.8 Å². The van der Waals surface area contributed by atoms with E-state index in [4.69, 9.17) is 4.74 Å². The van der Waals surface area contributed by atoms with Crippen LogP contribution in [-0.2, 0) is 4.74 Å². The van der Waals surface area contributed by atoms with Crippen LogP contribution in [0.3, 0.4) is 0 Å². The van der Waals surface area contributed by atoms with Crippen molar-refractivity contribution in [1.29, 1.82) is 0 Å². The Kier molecular flexibility index (Phi) is 3.12. The average molecular weight is 292 g/mol. The molecule has 0 saturated carbocycles. The van der Waals surface area contributed by atoms with E-state index < -0.39 is 24.8 Å². The van der Waals surface area contributed by atoms with Crippen LogP contribution in [0.1, 0.15) is 46.0 Å². The summed E-state index contributed by atoms with van der Waals surface area (Å²) < 4.78 is 21.7. The zero-order chi connectivity index (χ0) is 14.7. The molecule has 1 aliphatic heterocycles. The predicted octanol–water partition coefficient (Wildman–Crippen LogP) is 5.59. The second-order valence-electron chi connectivity index (χ2n) is 6.40. The lowest BCUT2D eigenvalue weighted by atomic mass is 9.84. The topological polar surface area (TPSA) is 9.23 Å². The van der Waals surface area contributed by atoms with Crippen LogP contribution in [0.5, 0.6) is 0 Å². The number of allylic oxidation sites excluding steroid dienone is 1. The van der Waals surface area contributed by atoms with Gasteiger partial charge in [0, 0.05) is 0 Å². The Labute approximate surface area is 122 Å². The molecule has 1 nitrogen and oxygen atoms in total. The van der Waals surface area contributed by atoms with Crippen molar-refractivity contribution in [3.63, 3.8) is 0 Å². The standard InChI is InChI=1S/C17H22FOP/c1-11-12(2)16(4)17(5,13(11)3)20(18)15(19-16)14-9-7-6-8-10-14/h6-10,13,15H,1-5H3. The summed E-state index contributed by atoms with van der Waals surface area (Å²) in [7, 11) is -1.73. The van der Waals surface area contributed by atoms with Crippen LogP contribution >= 0.6 is 8.23 Å². The Morgan fingerprint density at radius 1 is 1.15 bits per heavy atom. The summed E-state index contributed by atoms with van der Waals surface area (Å²) in [6.45, 7) is 10.5. The van der Waals surface area contributed by atoms with E-state index >= 15 is 4.20 Å². The van der Waals surface area contributed by atoms with Crippen LogP contribution in [0.25, 0.3) is 0 Å². The molecule has 3 rings (SSSR count). The fraction of sp³-hybridized carbons (Fsp3) is 0.529. The quantitative estimate of drug-likeness (QED) is 0.484. The maximum absolute atomic E-state index is 15.4. The molecular weight excluding hydrogens is 270 g/mol. The third-order valence-electron chi connectivity index (χ3n) is 5.85. The molecule has 108 valence electrons. The highest BCUT2D eigenvalue weighted by atomic mass is 31.2. The number of ether oxygens (including phenoxy) is 1. The fourth-order valence-corrected chi connectivity index (χ4v) is 6.26. The Morgan fingerprint density at radius 3 is 2.30 bits per heavy atom. The molecule has 2 aliphatic rings. The van der Waals surface area contributed by atoms with Gasteiger partial charge in [-0.25, -0.2) is 4.20 Å². The minimum absolute atomic E-state index is 0.234. The van der Waals surface area contributed by atoms with Crippen molar-refractivity contribution >= 4 is 8.23 Å². The van der Waals surface area contributed by atoms with Gasteiger partial charge >= 0.3 is 0 Å². The van der Waals surface area contributed by atoms with Gasteiger partial charge in [0.1, 0.15) is 19.7 Å². The smallest absolute Gasteiger partial charge is 0.133 e. The maximum Gasteiger partial charge on any atom is 0.133 e. The summed E-state index contributed by atoms with van der Waals surface area (Å²) in [4.78, 5) is 0. The largest absolute Gasteiger partial charge is 0.355 e. The SMILES string of the molecule is CC1=C(C)C2(C)OC(c3ccccc3)P(F)C2(C)C1C. The van der Waals surface area contributed by atoms with Gasteiger partial charge in [0.05, 0.1) is 5.16 Å². The van der Waals surface area contributed by atoms with E-state index in [9.17, 15) is 0 Å². The molecule has 1 aromatic carbocycles. The van der Waals surface area contributed by atoms with E-state index in [1.165, 1.54) is 11.1 Å². The van der Waals surface area contributed by atoms with E-state index in [1.54, 1.807) is 0 Å². The van der Waals surface area contributed by atoms with Gasteiger partial charge in [-0.15, -0.1) is 0 Å². The molecule has 0 amide bonds. The number of halogens is 1. The van der Waals surface area contributed by atoms with Crippen LogP contribution in [0.4, 0.5) is 4.20 Å². The lowest BCUT2D eigenvalue weighted by Gasteiger charge is -2.37. The fourth-order valence-electron chi connectivity index (χ4n) is 3.84. The van der Waals surface area contributed by atoms with Crippen molar-refractivity contribution in [2.45, 2.75) is 51.2 Å². The molecule has 5 unspecified atom stereocenters. The van der Waals surface area contributed by atoms with E-state index in [-0.39, 0.29) is 5.92 Å². The van der Waals surface area contributed by atoms with E-state index in [0.29, 0.717) is 0 Å². The van der Waals surface area contributed by atoms with Crippen LogP contribution in [0, 0.1) is 5.92 Å². The third kappa shape index (κ3) is 1.50. The summed E-state index contributed by atoms with van der Waals surface area (Å²) in [6, 6.07) is 9.82. The van der Waals surface area contributed by atoms with Gasteiger partial charge in [0.25, 0.3) is 0 Å². The maximum atomic E-state index is 15.4. The molecule has 20 heavy (non-hydrogen) atoms. The first-order valence-electron chi connectivity index (χ1n) is 7.19. The first-order chi connectivity index (χ1) is 9.34. The van der Waals surface area contributed by atoms with Gasteiger partial charge in [0.2, 0.25) is 0 Å². The van der Waals surface area contributed by atoms with Crippen molar-refractivity contribution in [3.8, 4) is 0 Å². The molecule has 0 N–H and O–H groups in total. The minimum Gasteiger partial charge on any atom is -0.355 e. The van der Waals surface area contributed by atoms with E-state index in [2.05, 4.69) is 34.6 Å². The summed E-state index contributed by atoms with van der Waals surface area (Å²) in [5, 5.41) is -0.420. The lowest BCUT2D eigenvalue weighted by Crippen LogP contribution is -2.45. The molecule has 0 aromatic heterocycles. The van der Waals surface area contributed by atoms with E-state index in [1.807, 2.05) is 30.3 Å². The first kappa shape index (κ1) is 14.2. The first-order valence-corrected chi connectivity index (χ1v) is 8.50. The molecule has 1 heterocycles. The van der Waals surface area contributed by atoms with Crippen molar-refractivity contribution in [1.82, 2.24) is 0 Å². The van der Waals surface area contributed by atoms with Crippen molar-refractivity contribution < 1.29 is 8.93 Å². The van der Waals surface area contributed by atoms with Gasteiger partial charge in [0.15, 0.2) is 0 Å². The molecule has 1 aromatic rings. The second kappa shape index (κ2) is 4.39. The van der Waals surface area contributed by atoms with Gasteiger partial charge in [-0.2, -0.15) is 0 Å². The zero-order valence-electron chi connectivity index (χ0n) is 12.8. The van der Waals surface area contributed by atoms with Crippen molar-refractivity contribution in [2.75, 3.05) is 0 Å². The zero-order valence-corrected chi connectivity index (χ0v) is 13.7. The van der Waals surface area contributed by atoms with Gasteiger partial charge in [-0.05, 0) is 44.7 Å². The summed E-state index contributed by atoms with van der Waals surface area (Å²) >= 11 is 0. The highest BCUT2D eigenvalue weighted by Gasteiger charge is 2.68. The number of hydrogen-bond donors (Lipinski definition) is 0. The monoisotopic (exact) mass is 292 g/mol. The summed E-state index contributed by atoms with van der Waals surface area (Å²) in [5.74, 6) is -0.163. The van der Waals surface area contributed by atoms with Crippen LogP contribution in [0.15, 0.2) is 41.5 Å². The van der Waals surface area contributed by atoms with Crippen molar-refractivity contribution in [3.05, 3.63) is 47.0 Å². The van der Waals surface area contributed by atoms with Gasteiger partial charge in [-0.3, -0.25) is 0 Å². The third-order valence-corrected chi connectivity index (χ3v) is 8.36. The predicted molar refractivity (Wildman–Crippen MR) is 82.6 cm³/mol. The Balaban J connectivity index is 2.09. The number of rotatable bonds is 1. The average Bonchev–Trinajstić information content (AvgIpc) is 2.75. The molecule has 0 spiro atoms. The van der Waals surface area contributed by atoms with Gasteiger partial charge < -0.3 is 4.74 Å². The Hall–Kier alpha value is -0.720. The minimum atomic E-state index is -1.73. The highest BCUT2D eigenvalue weighted by molar-refractivity contribution is 7.54. The Bertz CT molecular complexity index is 570. The molecule has 0 bridgehead atoms. The van der Waals surface area contributed by atoms with Gasteiger partial charge in [-0.1, -0.05) is 42.8 Å². The number of fused-ring (bicyclic) bond motifs is 1. The highest BCUT2D eigenvalue weighted by Crippen LogP contribution is 2.79. The Morgan fingerprint density at radius 2 is 1.75 bits per heavy atom. The number of hydrogen-bond acceptors (Lipinski definition) is 1. The molecule has 1 fully saturated rings. The molecular formula is C17H22FOP. The number of benzene rings is 1. The molecule has 0 radical (unpaired) electrons. The molecule has 5 atom stereocenters. The molecule has 1 aliphatic carbocycles. The summed E-state index contributed by atoms with van der Waals surface area (Å²) in [5.41, 5.74) is 3.01. The van der Waals surface area contributed by atoms with Crippen molar-refractivity contribution in [2.24, 2.45) is 5.92 Å². The second-order valence-corrected chi connectivity index (χ2v) is 8.42.